The third kappa shape index (κ3) is 3.48. The highest BCUT2D eigenvalue weighted by atomic mass is 15.1. The van der Waals surface area contributed by atoms with Gasteiger partial charge >= 0.3 is 0 Å². The van der Waals surface area contributed by atoms with Gasteiger partial charge in [0.2, 0.25) is 0 Å². The van der Waals surface area contributed by atoms with Crippen LogP contribution in [0.1, 0.15) is 5.56 Å². The molecule has 0 unspecified atom stereocenters. The maximum Gasteiger partial charge on any atom is 0.0927 e. The minimum absolute atomic E-state index is 0.939. The molecule has 2 aromatic heterocycles. The zero-order chi connectivity index (χ0) is 19.6. The van der Waals surface area contributed by atoms with E-state index in [9.17, 15) is 0 Å². The molecule has 0 aliphatic heterocycles. The van der Waals surface area contributed by atoms with E-state index in [-0.39, 0.29) is 0 Å². The lowest BCUT2D eigenvalue weighted by Crippen LogP contribution is -1.82. The number of benzene rings is 3. The first-order valence-corrected chi connectivity index (χ1v) is 9.60. The van der Waals surface area contributed by atoms with Crippen LogP contribution < -0.4 is 0 Å². The number of hydrogen-bond donors (Lipinski definition) is 2. The van der Waals surface area contributed by atoms with Crippen molar-refractivity contribution in [2.45, 2.75) is 6.92 Å². The quantitative estimate of drug-likeness (QED) is 0.398. The van der Waals surface area contributed by atoms with Gasteiger partial charge in [0.05, 0.1) is 22.8 Å². The van der Waals surface area contributed by atoms with Crippen molar-refractivity contribution in [3.05, 3.63) is 96.6 Å². The van der Waals surface area contributed by atoms with E-state index < -0.39 is 0 Å². The number of hydrogen-bond acceptors (Lipinski definition) is 2. The summed E-state index contributed by atoms with van der Waals surface area (Å²) in [5.74, 6) is 0. The molecular weight excluding hydrogens is 356 g/mol. The Morgan fingerprint density at radius 3 is 1.72 bits per heavy atom. The average Bonchev–Trinajstić information content (AvgIpc) is 3.45. The largest absolute Gasteiger partial charge is 0.277 e. The minimum Gasteiger partial charge on any atom is -0.277 e. The molecule has 0 saturated carbocycles. The monoisotopic (exact) mass is 376 g/mol. The van der Waals surface area contributed by atoms with Gasteiger partial charge in [-0.1, -0.05) is 72.3 Å². The molecule has 0 spiro atoms. The lowest BCUT2D eigenvalue weighted by Gasteiger charge is -2.01. The second-order valence-electron chi connectivity index (χ2n) is 7.15. The molecule has 0 aliphatic rings. The minimum atomic E-state index is 0.939. The Kier molecular flexibility index (Phi) is 4.30. The molecule has 4 nitrogen and oxygen atoms in total. The maximum absolute atomic E-state index is 4.50. The van der Waals surface area contributed by atoms with Crippen molar-refractivity contribution in [2.75, 3.05) is 0 Å². The van der Waals surface area contributed by atoms with Gasteiger partial charge in [-0.05, 0) is 31.2 Å². The number of H-pyrrole nitrogens is 2. The van der Waals surface area contributed by atoms with Gasteiger partial charge in [0.1, 0.15) is 0 Å². The third-order valence-electron chi connectivity index (χ3n) is 5.02. The van der Waals surface area contributed by atoms with Crippen molar-refractivity contribution >= 4 is 0 Å². The molecule has 5 rings (SSSR count). The highest BCUT2D eigenvalue weighted by molar-refractivity contribution is 5.74. The van der Waals surface area contributed by atoms with Gasteiger partial charge < -0.3 is 0 Å². The summed E-state index contributed by atoms with van der Waals surface area (Å²) in [5.41, 5.74) is 9.48. The van der Waals surface area contributed by atoms with Crippen LogP contribution in [-0.4, -0.2) is 20.4 Å². The number of aromatic nitrogens is 4. The predicted molar refractivity (Wildman–Crippen MR) is 117 cm³/mol. The smallest absolute Gasteiger partial charge is 0.0927 e. The molecular formula is C25H20N4. The summed E-state index contributed by atoms with van der Waals surface area (Å²) in [5, 5.41) is 15.3. The zero-order valence-corrected chi connectivity index (χ0v) is 16.1. The second-order valence-corrected chi connectivity index (χ2v) is 7.15. The first-order valence-electron chi connectivity index (χ1n) is 9.60. The summed E-state index contributed by atoms with van der Waals surface area (Å²) in [6, 6.07) is 31.1. The number of rotatable bonds is 4. The molecule has 3 aromatic carbocycles. The summed E-state index contributed by atoms with van der Waals surface area (Å²) in [6.45, 7) is 2.09. The lowest BCUT2D eigenvalue weighted by atomic mass is 10.0. The fourth-order valence-corrected chi connectivity index (χ4v) is 3.50. The van der Waals surface area contributed by atoms with Crippen molar-refractivity contribution in [1.29, 1.82) is 0 Å². The van der Waals surface area contributed by atoms with Crippen molar-refractivity contribution in [2.24, 2.45) is 0 Å². The summed E-state index contributed by atoms with van der Waals surface area (Å²) in [6.07, 6.45) is 0. The number of aromatic amines is 2. The van der Waals surface area contributed by atoms with Gasteiger partial charge in [0, 0.05) is 22.3 Å². The number of aryl methyl sites for hydroxylation is 1. The van der Waals surface area contributed by atoms with Gasteiger partial charge in [-0.3, -0.25) is 10.2 Å². The van der Waals surface area contributed by atoms with E-state index in [1.54, 1.807) is 0 Å². The fraction of sp³-hybridized carbons (Fsp3) is 0.0400. The number of nitrogens with zero attached hydrogens (tertiary/aromatic N) is 2. The van der Waals surface area contributed by atoms with E-state index in [1.165, 1.54) is 5.56 Å². The Labute approximate surface area is 169 Å². The number of nitrogens with one attached hydrogen (secondary N) is 2. The predicted octanol–water partition coefficient (Wildman–Crippen LogP) is 6.11. The molecule has 4 heteroatoms. The van der Waals surface area contributed by atoms with Gasteiger partial charge in [0.15, 0.2) is 0 Å². The summed E-state index contributed by atoms with van der Waals surface area (Å²) >= 11 is 0. The maximum atomic E-state index is 4.50. The molecule has 0 atom stereocenters. The summed E-state index contributed by atoms with van der Waals surface area (Å²) < 4.78 is 0. The Hall–Kier alpha value is -3.92. The van der Waals surface area contributed by atoms with Crippen molar-refractivity contribution in [3.8, 4) is 45.0 Å². The molecule has 5 aromatic rings. The zero-order valence-electron chi connectivity index (χ0n) is 16.1. The molecule has 0 amide bonds. The van der Waals surface area contributed by atoms with Crippen LogP contribution in [0.15, 0.2) is 91.0 Å². The molecule has 29 heavy (non-hydrogen) atoms. The van der Waals surface area contributed by atoms with Crippen LogP contribution in [0.3, 0.4) is 0 Å². The lowest BCUT2D eigenvalue weighted by molar-refractivity contribution is 1.10. The van der Waals surface area contributed by atoms with Crippen LogP contribution in [-0.2, 0) is 0 Å². The average molecular weight is 376 g/mol. The van der Waals surface area contributed by atoms with Crippen LogP contribution in [0, 0.1) is 6.92 Å². The van der Waals surface area contributed by atoms with E-state index in [0.717, 1.165) is 45.0 Å². The van der Waals surface area contributed by atoms with Crippen molar-refractivity contribution < 1.29 is 0 Å². The first-order chi connectivity index (χ1) is 14.3. The van der Waals surface area contributed by atoms with E-state index in [1.807, 2.05) is 18.2 Å². The molecule has 2 heterocycles. The van der Waals surface area contributed by atoms with Crippen LogP contribution in [0.4, 0.5) is 0 Å². The molecule has 140 valence electrons. The van der Waals surface area contributed by atoms with E-state index in [0.29, 0.717) is 0 Å². The molecule has 2 N–H and O–H groups in total. The molecule has 0 aliphatic carbocycles. The Morgan fingerprint density at radius 1 is 0.517 bits per heavy atom. The van der Waals surface area contributed by atoms with Gasteiger partial charge in [-0.15, -0.1) is 0 Å². The van der Waals surface area contributed by atoms with E-state index in [4.69, 9.17) is 0 Å². The topological polar surface area (TPSA) is 57.4 Å². The van der Waals surface area contributed by atoms with Crippen LogP contribution in [0.5, 0.6) is 0 Å². The van der Waals surface area contributed by atoms with Crippen molar-refractivity contribution in [1.82, 2.24) is 20.4 Å². The Bertz CT molecular complexity index is 1260. The fourth-order valence-electron chi connectivity index (χ4n) is 3.50. The van der Waals surface area contributed by atoms with Gasteiger partial charge in [0.25, 0.3) is 0 Å². The second kappa shape index (κ2) is 7.24. The van der Waals surface area contributed by atoms with Crippen LogP contribution in [0.2, 0.25) is 0 Å². The van der Waals surface area contributed by atoms with E-state index >= 15 is 0 Å². The molecule has 0 saturated heterocycles. The SMILES string of the molecule is Cc1cccc(-c2cc(-c3cccc(-c4cc(-c5ccccc5)n[nH]4)c3)[nH]n2)c1. The van der Waals surface area contributed by atoms with Gasteiger partial charge in [-0.25, -0.2) is 0 Å². The van der Waals surface area contributed by atoms with Crippen LogP contribution in [0.25, 0.3) is 45.0 Å². The first kappa shape index (κ1) is 17.2. The van der Waals surface area contributed by atoms with Gasteiger partial charge in [-0.2, -0.15) is 10.2 Å². The molecule has 0 bridgehead atoms. The van der Waals surface area contributed by atoms with E-state index in [2.05, 4.69) is 100 Å². The Balaban J connectivity index is 1.46. The highest BCUT2D eigenvalue weighted by Gasteiger charge is 2.09. The third-order valence-corrected chi connectivity index (χ3v) is 5.02. The summed E-state index contributed by atoms with van der Waals surface area (Å²) in [7, 11) is 0. The summed E-state index contributed by atoms with van der Waals surface area (Å²) in [4.78, 5) is 0. The Morgan fingerprint density at radius 2 is 1.07 bits per heavy atom. The standard InChI is InChI=1S/C25H20N4/c1-17-7-5-10-19(13-17)23-16-25(29-27-23)21-12-6-11-20(14-21)24-15-22(26-28-24)18-8-3-2-4-9-18/h2-16H,1H3,(H,26,28)(H,27,29). The molecule has 0 radical (unpaired) electrons. The van der Waals surface area contributed by atoms with Crippen molar-refractivity contribution in [3.63, 3.8) is 0 Å². The highest BCUT2D eigenvalue weighted by Crippen LogP contribution is 2.29. The normalized spacial score (nSPS) is 10.9. The van der Waals surface area contributed by atoms with Crippen LogP contribution >= 0.6 is 0 Å². The molecule has 0 fully saturated rings.